The molecule has 0 saturated heterocycles. The second-order valence-corrected chi connectivity index (χ2v) is 23.9. The van der Waals surface area contributed by atoms with Crippen molar-refractivity contribution in [3.63, 3.8) is 0 Å². The highest BCUT2D eigenvalue weighted by atomic mass is 32.1. The number of carbonyl (C=O) groups excluding carboxylic acids is 2. The lowest BCUT2D eigenvalue weighted by Gasteiger charge is -2.24. The molecule has 0 aliphatic heterocycles. The number of benzene rings is 1. The van der Waals surface area contributed by atoms with Crippen LogP contribution in [0.4, 0.5) is 0 Å². The number of nitrogens with one attached hydrogen (secondary N) is 1. The maximum Gasteiger partial charge on any atom is 0.478 e. The number of ketones is 2. The Bertz CT molecular complexity index is 1540. The lowest BCUT2D eigenvalue weighted by molar-refractivity contribution is -0.887. The van der Waals surface area contributed by atoms with Crippen molar-refractivity contribution in [2.75, 3.05) is 125 Å². The number of hydrogen-bond donors (Lipinski definition) is 1. The third kappa shape index (κ3) is 66.3. The Kier molecular flexibility index (Phi) is 42.5. The lowest BCUT2D eigenvalue weighted by Crippen LogP contribution is -2.36. The van der Waals surface area contributed by atoms with Crippen molar-refractivity contribution < 1.29 is 73.0 Å². The van der Waals surface area contributed by atoms with Crippen molar-refractivity contribution in [3.05, 3.63) is 51.9 Å². The molecular weight excluding hydrogens is 860 g/mol. The molecule has 0 aliphatic rings. The minimum atomic E-state index is -3.29. The number of Topliss-reactive ketones (excluding diaryl/α,β-unsaturated/α-hetero) is 2. The number of nitrogens with zero attached hydrogens (tertiary/aromatic N) is 3. The maximum atomic E-state index is 11.3. The predicted octanol–water partition coefficient (Wildman–Crippen LogP) is 7.80. The molecule has 19 nitrogen and oxygen atoms in total. The van der Waals surface area contributed by atoms with Gasteiger partial charge < -0.3 is 36.7 Å². The van der Waals surface area contributed by atoms with Crippen LogP contribution >= 0.6 is 42.1 Å². The number of phosphoric ester groups is 1. The quantitative estimate of drug-likeness (QED) is 0.122. The van der Waals surface area contributed by atoms with E-state index in [-0.39, 0.29) is 23.9 Å². The summed E-state index contributed by atoms with van der Waals surface area (Å²) in [6.07, 6.45) is 0. The van der Waals surface area contributed by atoms with Crippen LogP contribution in [0.15, 0.2) is 35.1 Å². The van der Waals surface area contributed by atoms with Crippen LogP contribution in [-0.2, 0) is 64.0 Å². The Morgan fingerprint density at radius 1 is 0.621 bits per heavy atom. The molecule has 1 unspecified atom stereocenters. The highest BCUT2D eigenvalue weighted by Gasteiger charge is 2.25. The molecule has 1 aromatic carbocycles. The molecule has 2 aromatic rings. The van der Waals surface area contributed by atoms with Crippen LogP contribution in [0, 0.1) is 13.8 Å². The van der Waals surface area contributed by atoms with Crippen molar-refractivity contribution >= 4 is 53.7 Å². The standard InChI is InChI=1S/C7H8.C6H17NO4P.C6H17NO3P.C3H4N2OS.C3H9O3P.C3H9O2P.2C3H6O/c1-7-5-3-2-4-6-7;1-7(2,3)6-11-12(8,9-4)10-5;1-7(2,3)6-10-11(5,8)9-4;1-2-3(6)5-7-4-2;1-5-7(3,4)6-2;1-5-6(2,3)4;2*1-3(2)4/h2-6H,1H3;6H2,1-5H3;6H2,1-5H3;1H3,(H,5,6);1-3H3;1-3H3;2*1-2H3/q;2*+1;;;;;. The number of H-pyrrole nitrogens is 1. The summed E-state index contributed by atoms with van der Waals surface area (Å²) < 4.78 is 87.8. The average Bonchev–Trinajstić information content (AvgIpc) is 3.48. The Labute approximate surface area is 353 Å². The summed E-state index contributed by atoms with van der Waals surface area (Å²) in [7, 11) is 8.84. The van der Waals surface area contributed by atoms with E-state index in [0.717, 1.165) is 11.7 Å². The maximum absolute atomic E-state index is 11.3. The summed E-state index contributed by atoms with van der Waals surface area (Å²) in [5, 5.41) is 0. The van der Waals surface area contributed by atoms with E-state index in [0.29, 0.717) is 21.4 Å². The van der Waals surface area contributed by atoms with Crippen LogP contribution in [0.2, 0.25) is 0 Å². The van der Waals surface area contributed by atoms with Gasteiger partial charge in [0.15, 0.2) is 20.8 Å². The zero-order chi connectivity index (χ0) is 47.6. The number of aryl methyl sites for hydroxylation is 2. The number of carbonyl (C=O) groups is 2. The summed E-state index contributed by atoms with van der Waals surface area (Å²) in [4.78, 5) is 29.2. The van der Waals surface area contributed by atoms with Gasteiger partial charge in [-0.2, -0.15) is 4.37 Å². The second-order valence-electron chi connectivity index (χ2n) is 14.1. The third-order valence-corrected chi connectivity index (χ3v) is 10.2. The minimum Gasteiger partial charge on any atom is -0.332 e. The fourth-order valence-electron chi connectivity index (χ4n) is 1.61. The monoisotopic (exact) mass is 936 g/mol. The van der Waals surface area contributed by atoms with Gasteiger partial charge in [-0.15, -0.1) is 0 Å². The highest BCUT2D eigenvalue weighted by Crippen LogP contribution is 2.47. The van der Waals surface area contributed by atoms with Gasteiger partial charge in [0, 0.05) is 81.0 Å². The number of quaternary nitrogens is 2. The first-order valence-electron chi connectivity index (χ1n) is 17.0. The smallest absolute Gasteiger partial charge is 0.332 e. The fourth-order valence-corrected chi connectivity index (χ4v) is 3.77. The van der Waals surface area contributed by atoms with Gasteiger partial charge in [0.25, 0.3) is 5.56 Å². The first-order chi connectivity index (χ1) is 25.9. The summed E-state index contributed by atoms with van der Waals surface area (Å²) in [5.74, 6) is 0.333. The van der Waals surface area contributed by atoms with Crippen molar-refractivity contribution in [1.29, 1.82) is 0 Å². The fraction of sp³-hybridized carbons (Fsp3) is 0.706. The molecule has 1 heterocycles. The van der Waals surface area contributed by atoms with Gasteiger partial charge in [-0.1, -0.05) is 35.9 Å². The predicted molar refractivity (Wildman–Crippen MR) is 236 cm³/mol. The van der Waals surface area contributed by atoms with Crippen molar-refractivity contribution in [3.8, 4) is 0 Å². The van der Waals surface area contributed by atoms with Crippen LogP contribution in [-0.4, -0.2) is 154 Å². The van der Waals surface area contributed by atoms with Gasteiger partial charge in [-0.3, -0.25) is 36.4 Å². The van der Waals surface area contributed by atoms with E-state index < -0.39 is 30.4 Å². The Hall–Kier alpha value is -1.56. The van der Waals surface area contributed by atoms with Gasteiger partial charge in [-0.05, 0) is 41.5 Å². The molecule has 1 atom stereocenters. The van der Waals surface area contributed by atoms with Crippen molar-refractivity contribution in [2.24, 2.45) is 0 Å². The van der Waals surface area contributed by atoms with Gasteiger partial charge in [-0.25, -0.2) is 9.09 Å². The molecule has 0 amide bonds. The summed E-state index contributed by atoms with van der Waals surface area (Å²) in [5.41, 5.74) is 1.79. The normalized spacial score (nSPS) is 11.9. The molecule has 0 spiro atoms. The zero-order valence-corrected chi connectivity index (χ0v) is 43.4. The third-order valence-electron chi connectivity index (χ3n) is 4.75. The first-order valence-corrected chi connectivity index (χ1v) is 25.7. The number of aromatic amines is 1. The van der Waals surface area contributed by atoms with Gasteiger partial charge >= 0.3 is 23.0 Å². The molecule has 0 fully saturated rings. The van der Waals surface area contributed by atoms with Gasteiger partial charge in [0.2, 0.25) is 0 Å². The molecule has 58 heavy (non-hydrogen) atoms. The van der Waals surface area contributed by atoms with E-state index >= 15 is 0 Å². The van der Waals surface area contributed by atoms with E-state index in [1.807, 2.05) is 60.5 Å². The zero-order valence-electron chi connectivity index (χ0n) is 39.0. The van der Waals surface area contributed by atoms with Gasteiger partial charge in [0.05, 0.1) is 42.3 Å². The lowest BCUT2D eigenvalue weighted by atomic mass is 10.2. The number of rotatable bonds is 12. The minimum absolute atomic E-state index is 0.0787. The van der Waals surface area contributed by atoms with Crippen LogP contribution < -0.4 is 5.56 Å². The van der Waals surface area contributed by atoms with E-state index in [9.17, 15) is 32.6 Å². The average molecular weight is 937 g/mol. The number of phosphoric acid groups is 1. The number of aromatic nitrogens is 2. The molecule has 0 saturated carbocycles. The van der Waals surface area contributed by atoms with Crippen molar-refractivity contribution in [1.82, 2.24) is 8.75 Å². The van der Waals surface area contributed by atoms with Crippen LogP contribution in [0.3, 0.4) is 0 Å². The van der Waals surface area contributed by atoms with Crippen LogP contribution in [0.5, 0.6) is 0 Å². The molecule has 0 radical (unpaired) electrons. The van der Waals surface area contributed by atoms with Gasteiger partial charge in [0.1, 0.15) is 17.3 Å². The van der Waals surface area contributed by atoms with E-state index in [2.05, 4.69) is 54.9 Å². The first kappa shape index (κ1) is 68.2. The molecule has 346 valence electrons. The molecule has 0 bridgehead atoms. The molecule has 24 heteroatoms. The van der Waals surface area contributed by atoms with E-state index in [4.69, 9.17) is 9.05 Å². The summed E-state index contributed by atoms with van der Waals surface area (Å²) >= 11 is 1.08. The van der Waals surface area contributed by atoms with Crippen molar-refractivity contribution in [2.45, 2.75) is 41.5 Å². The molecule has 1 N–H and O–H groups in total. The molecule has 1 aromatic heterocycles. The topological polar surface area (TPSA) is 222 Å². The Morgan fingerprint density at radius 3 is 1.10 bits per heavy atom. The van der Waals surface area contributed by atoms with E-state index in [1.54, 1.807) is 20.3 Å². The largest absolute Gasteiger partial charge is 0.478 e. The number of hydrogen-bond acceptors (Lipinski definition) is 17. The van der Waals surface area contributed by atoms with Crippen LogP contribution in [0.25, 0.3) is 0 Å². The summed E-state index contributed by atoms with van der Waals surface area (Å²) in [6, 6.07) is 10.3. The highest BCUT2D eigenvalue weighted by molar-refractivity contribution is 7.57. The second kappa shape index (κ2) is 36.1. The Morgan fingerprint density at radius 2 is 0.948 bits per heavy atom. The molecule has 2 rings (SSSR count). The Balaban J connectivity index is -0.000000137. The summed E-state index contributed by atoms with van der Waals surface area (Å²) in [6.45, 7) is 16.6. The SMILES string of the molecule is CC(C)=O.CC(C)=O.COP(=O)(OC)OC[N+](C)(C)C.COP(C)(=O)OC.COP(C)(=O)OC[N+](C)(C)C.COP(C)(C)=O.Cc1ccccc1.Cc1ns[nH]c1=O. The molecule has 0 aliphatic carbocycles. The van der Waals surface area contributed by atoms with E-state index in [1.165, 1.54) is 89.2 Å². The molecular formula is C34H76N4O15P4S+2. The van der Waals surface area contributed by atoms with Crippen LogP contribution in [0.1, 0.15) is 39.0 Å².